The molecule has 0 unspecified atom stereocenters. The summed E-state index contributed by atoms with van der Waals surface area (Å²) in [6.45, 7) is 1.95. The molecule has 3 heterocycles. The number of hydrogen-bond donors (Lipinski definition) is 1. The summed E-state index contributed by atoms with van der Waals surface area (Å²) >= 11 is 0. The molecule has 1 fully saturated rings. The van der Waals surface area contributed by atoms with Crippen LogP contribution in [0.3, 0.4) is 0 Å². The molecule has 1 atom stereocenters. The standard InChI is InChI=1S/C23H25N5O3/c1-14-21-17(13-20(29)26-22(21)28(27-14)23-24-10-5-11-25-23)15-8-9-18(30-2)19(12-15)31-16-6-3-4-7-16/h5,8-12,16-17H,3-4,6-7,13H2,1-2H3,(H,26,29)/t17-/m0/s1. The molecule has 8 heteroatoms. The number of amides is 1. The van der Waals surface area contributed by atoms with E-state index < -0.39 is 0 Å². The van der Waals surface area contributed by atoms with Crippen molar-refractivity contribution in [3.63, 3.8) is 0 Å². The number of aryl methyl sites for hydroxylation is 1. The molecule has 0 radical (unpaired) electrons. The first-order valence-electron chi connectivity index (χ1n) is 10.7. The molecule has 8 nitrogen and oxygen atoms in total. The number of fused-ring (bicyclic) bond motifs is 1. The number of ether oxygens (including phenoxy) is 2. The summed E-state index contributed by atoms with van der Waals surface area (Å²) in [6, 6.07) is 7.69. The number of benzene rings is 1. The van der Waals surface area contributed by atoms with Crippen molar-refractivity contribution in [2.45, 2.75) is 51.0 Å². The second kappa shape index (κ2) is 8.02. The Morgan fingerprint density at radius 3 is 2.65 bits per heavy atom. The van der Waals surface area contributed by atoms with Crippen LogP contribution in [0.25, 0.3) is 5.95 Å². The molecular weight excluding hydrogens is 394 g/mol. The van der Waals surface area contributed by atoms with E-state index in [2.05, 4.69) is 20.4 Å². The highest BCUT2D eigenvalue weighted by Crippen LogP contribution is 2.42. The Hall–Kier alpha value is -3.42. The molecule has 3 aromatic rings. The van der Waals surface area contributed by atoms with Gasteiger partial charge in [-0.3, -0.25) is 4.79 Å². The highest BCUT2D eigenvalue weighted by atomic mass is 16.5. The van der Waals surface area contributed by atoms with Crippen LogP contribution in [-0.4, -0.2) is 38.9 Å². The Labute approximate surface area is 180 Å². The molecule has 2 aromatic heterocycles. The fraction of sp³-hybridized carbons (Fsp3) is 0.391. The number of methoxy groups -OCH3 is 1. The molecule has 160 valence electrons. The lowest BCUT2D eigenvalue weighted by atomic mass is 9.85. The van der Waals surface area contributed by atoms with E-state index in [0.29, 0.717) is 23.9 Å². The molecule has 1 aliphatic heterocycles. The summed E-state index contributed by atoms with van der Waals surface area (Å²) in [6.07, 6.45) is 8.38. The third-order valence-corrected chi connectivity index (χ3v) is 6.03. The minimum Gasteiger partial charge on any atom is -0.493 e. The van der Waals surface area contributed by atoms with E-state index in [-0.39, 0.29) is 17.9 Å². The molecule has 2 aliphatic rings. The van der Waals surface area contributed by atoms with Crippen molar-refractivity contribution < 1.29 is 14.3 Å². The highest BCUT2D eigenvalue weighted by molar-refractivity contribution is 5.95. The molecule has 1 saturated carbocycles. The van der Waals surface area contributed by atoms with Crippen LogP contribution in [0, 0.1) is 6.92 Å². The van der Waals surface area contributed by atoms with Gasteiger partial charge >= 0.3 is 0 Å². The van der Waals surface area contributed by atoms with E-state index in [1.165, 1.54) is 12.8 Å². The van der Waals surface area contributed by atoms with Gasteiger partial charge in [0.15, 0.2) is 11.5 Å². The molecule has 1 N–H and O–H groups in total. The summed E-state index contributed by atoms with van der Waals surface area (Å²) in [7, 11) is 1.65. The summed E-state index contributed by atoms with van der Waals surface area (Å²) in [5.74, 6) is 2.28. The van der Waals surface area contributed by atoms with Gasteiger partial charge in [-0.05, 0) is 56.4 Å². The number of carbonyl (C=O) groups is 1. The van der Waals surface area contributed by atoms with Crippen molar-refractivity contribution in [2.75, 3.05) is 12.4 Å². The van der Waals surface area contributed by atoms with E-state index >= 15 is 0 Å². The molecular formula is C23H25N5O3. The zero-order valence-electron chi connectivity index (χ0n) is 17.7. The molecule has 31 heavy (non-hydrogen) atoms. The molecule has 0 spiro atoms. The van der Waals surface area contributed by atoms with Gasteiger partial charge in [0.2, 0.25) is 5.91 Å². The molecule has 0 bridgehead atoms. The first kappa shape index (κ1) is 19.5. The van der Waals surface area contributed by atoms with Gasteiger partial charge in [0, 0.05) is 30.3 Å². The Bertz CT molecular complexity index is 1110. The number of aromatic nitrogens is 4. The third-order valence-electron chi connectivity index (χ3n) is 6.03. The SMILES string of the molecule is COc1ccc([C@@H]2CC(=O)Nc3c2c(C)nn3-c2ncccn2)cc1OC1CCCC1. The number of rotatable bonds is 5. The van der Waals surface area contributed by atoms with Crippen LogP contribution in [0.5, 0.6) is 11.5 Å². The van der Waals surface area contributed by atoms with Gasteiger partial charge in [-0.2, -0.15) is 9.78 Å². The summed E-state index contributed by atoms with van der Waals surface area (Å²) in [5, 5.41) is 7.60. The Balaban J connectivity index is 1.56. The zero-order chi connectivity index (χ0) is 21.4. The maximum atomic E-state index is 12.6. The lowest BCUT2D eigenvalue weighted by Crippen LogP contribution is -2.25. The van der Waals surface area contributed by atoms with Crippen molar-refractivity contribution in [3.05, 3.63) is 53.5 Å². The number of anilines is 1. The first-order valence-corrected chi connectivity index (χ1v) is 10.7. The number of carbonyl (C=O) groups excluding carboxylic acids is 1. The Kier molecular flexibility index (Phi) is 5.05. The maximum Gasteiger partial charge on any atom is 0.252 e. The van der Waals surface area contributed by atoms with Crippen LogP contribution in [0.2, 0.25) is 0 Å². The fourth-order valence-corrected chi connectivity index (χ4v) is 4.57. The zero-order valence-corrected chi connectivity index (χ0v) is 17.7. The third kappa shape index (κ3) is 3.62. The van der Waals surface area contributed by atoms with Crippen molar-refractivity contribution in [3.8, 4) is 17.4 Å². The topological polar surface area (TPSA) is 91.2 Å². The number of hydrogen-bond acceptors (Lipinski definition) is 6. The summed E-state index contributed by atoms with van der Waals surface area (Å²) in [4.78, 5) is 21.2. The van der Waals surface area contributed by atoms with E-state index in [9.17, 15) is 4.79 Å². The predicted molar refractivity (Wildman–Crippen MR) is 115 cm³/mol. The normalized spacial score (nSPS) is 18.5. The first-order chi connectivity index (χ1) is 15.1. The van der Waals surface area contributed by atoms with E-state index in [1.54, 1.807) is 30.3 Å². The minimum atomic E-state index is -0.141. The van der Waals surface area contributed by atoms with E-state index in [1.807, 2.05) is 25.1 Å². The van der Waals surface area contributed by atoms with E-state index in [4.69, 9.17) is 9.47 Å². The van der Waals surface area contributed by atoms with Gasteiger partial charge in [-0.1, -0.05) is 6.07 Å². The Morgan fingerprint density at radius 1 is 1.13 bits per heavy atom. The lowest BCUT2D eigenvalue weighted by Gasteiger charge is -2.25. The van der Waals surface area contributed by atoms with Gasteiger partial charge < -0.3 is 14.8 Å². The van der Waals surface area contributed by atoms with Gasteiger partial charge in [0.25, 0.3) is 5.95 Å². The number of nitrogens with zero attached hydrogens (tertiary/aromatic N) is 4. The van der Waals surface area contributed by atoms with Crippen LogP contribution in [-0.2, 0) is 4.79 Å². The van der Waals surface area contributed by atoms with Crippen molar-refractivity contribution in [2.24, 2.45) is 0 Å². The van der Waals surface area contributed by atoms with Gasteiger partial charge in [-0.15, -0.1) is 0 Å². The predicted octanol–water partition coefficient (Wildman–Crippen LogP) is 3.77. The van der Waals surface area contributed by atoms with Crippen LogP contribution < -0.4 is 14.8 Å². The smallest absolute Gasteiger partial charge is 0.252 e. The maximum absolute atomic E-state index is 12.6. The molecule has 0 saturated heterocycles. The molecule has 1 aromatic carbocycles. The van der Waals surface area contributed by atoms with E-state index in [0.717, 1.165) is 35.4 Å². The summed E-state index contributed by atoms with van der Waals surface area (Å²) in [5.41, 5.74) is 2.81. The Morgan fingerprint density at radius 2 is 1.90 bits per heavy atom. The quantitative estimate of drug-likeness (QED) is 0.677. The molecule has 5 rings (SSSR count). The van der Waals surface area contributed by atoms with Crippen molar-refractivity contribution >= 4 is 11.7 Å². The van der Waals surface area contributed by atoms with Gasteiger partial charge in [0.05, 0.1) is 18.9 Å². The fourth-order valence-electron chi connectivity index (χ4n) is 4.57. The monoisotopic (exact) mass is 419 g/mol. The van der Waals surface area contributed by atoms with Gasteiger partial charge in [0.1, 0.15) is 5.82 Å². The van der Waals surface area contributed by atoms with Crippen LogP contribution >= 0.6 is 0 Å². The van der Waals surface area contributed by atoms with Crippen LogP contribution in [0.4, 0.5) is 5.82 Å². The van der Waals surface area contributed by atoms with Crippen LogP contribution in [0.1, 0.15) is 54.8 Å². The molecule has 1 amide bonds. The highest BCUT2D eigenvalue weighted by Gasteiger charge is 2.33. The van der Waals surface area contributed by atoms with Crippen molar-refractivity contribution in [1.29, 1.82) is 0 Å². The number of nitrogens with one attached hydrogen (secondary N) is 1. The second-order valence-electron chi connectivity index (χ2n) is 8.05. The molecule has 1 aliphatic carbocycles. The average molecular weight is 419 g/mol. The van der Waals surface area contributed by atoms with Crippen LogP contribution in [0.15, 0.2) is 36.7 Å². The largest absolute Gasteiger partial charge is 0.493 e. The lowest BCUT2D eigenvalue weighted by molar-refractivity contribution is -0.116. The minimum absolute atomic E-state index is 0.0661. The second-order valence-corrected chi connectivity index (χ2v) is 8.05. The average Bonchev–Trinajstić information content (AvgIpc) is 3.41. The summed E-state index contributed by atoms with van der Waals surface area (Å²) < 4.78 is 13.4. The van der Waals surface area contributed by atoms with Gasteiger partial charge in [-0.25, -0.2) is 9.97 Å². The van der Waals surface area contributed by atoms with Crippen molar-refractivity contribution in [1.82, 2.24) is 19.7 Å².